The highest BCUT2D eigenvalue weighted by Gasteiger charge is 2.31. The van der Waals surface area contributed by atoms with E-state index in [0.29, 0.717) is 12.5 Å². The molecule has 0 saturated heterocycles. The van der Waals surface area contributed by atoms with E-state index >= 15 is 0 Å². The Kier molecular flexibility index (Phi) is 27.8. The normalized spacial score (nSPS) is 14.0. The van der Waals surface area contributed by atoms with E-state index in [-0.39, 0.29) is 18.0 Å². The van der Waals surface area contributed by atoms with Crippen molar-refractivity contribution in [1.82, 2.24) is 0 Å². The number of carbonyl (C=O) groups is 1. The smallest absolute Gasteiger partial charge is 0.311 e. The second-order valence-electron chi connectivity index (χ2n) is 11.4. The lowest BCUT2D eigenvalue weighted by Crippen LogP contribution is -2.34. The highest BCUT2D eigenvalue weighted by Crippen LogP contribution is 2.27. The van der Waals surface area contributed by atoms with Crippen LogP contribution in [-0.2, 0) is 14.1 Å². The van der Waals surface area contributed by atoms with Crippen molar-refractivity contribution in [1.29, 1.82) is 0 Å². The maximum atomic E-state index is 12.8. The van der Waals surface area contributed by atoms with Gasteiger partial charge in [-0.15, -0.1) is 0 Å². The molecule has 216 valence electrons. The van der Waals surface area contributed by atoms with Crippen molar-refractivity contribution in [2.24, 2.45) is 11.8 Å². The Labute approximate surface area is 229 Å². The van der Waals surface area contributed by atoms with Crippen molar-refractivity contribution in [3.05, 3.63) is 0 Å². The molecule has 4 heteroatoms. The predicted molar refractivity (Wildman–Crippen MR) is 161 cm³/mol. The first-order valence-corrected chi connectivity index (χ1v) is 16.6. The summed E-state index contributed by atoms with van der Waals surface area (Å²) in [5.41, 5.74) is 0. The fourth-order valence-electron chi connectivity index (χ4n) is 5.32. The minimum Gasteiger partial charge on any atom is -0.465 e. The van der Waals surface area contributed by atoms with Crippen molar-refractivity contribution in [3.63, 3.8) is 0 Å². The molecule has 3 nitrogen and oxygen atoms in total. The van der Waals surface area contributed by atoms with Gasteiger partial charge in [0.1, 0.15) is 0 Å². The van der Waals surface area contributed by atoms with Crippen molar-refractivity contribution < 1.29 is 14.1 Å². The number of hydrogen-bond donors (Lipinski definition) is 0. The van der Waals surface area contributed by atoms with E-state index in [1.165, 1.54) is 135 Å². The second-order valence-corrected chi connectivity index (χ2v) is 11.6. The van der Waals surface area contributed by atoms with Crippen LogP contribution in [-0.4, -0.2) is 18.7 Å². The number of carbonyl (C=O) groups excluding carboxylic acids is 1. The van der Waals surface area contributed by atoms with E-state index in [1.807, 2.05) is 6.92 Å². The highest BCUT2D eigenvalue weighted by atomic mass is 31.0. The average Bonchev–Trinajstić information content (AvgIpc) is 2.87. The lowest BCUT2D eigenvalue weighted by Gasteiger charge is -2.27. The molecule has 0 bridgehead atoms. The summed E-state index contributed by atoms with van der Waals surface area (Å²) in [5, 5.41) is 0. The van der Waals surface area contributed by atoms with Crippen molar-refractivity contribution in [3.8, 4) is 0 Å². The molecule has 4 unspecified atom stereocenters. The van der Waals surface area contributed by atoms with Gasteiger partial charge in [-0.1, -0.05) is 156 Å². The summed E-state index contributed by atoms with van der Waals surface area (Å²) >= 11 is 0. The lowest BCUT2D eigenvalue weighted by molar-refractivity contribution is -0.154. The molecule has 0 aromatic carbocycles. The molecule has 0 spiro atoms. The number of rotatable bonds is 28. The Morgan fingerprint density at radius 1 is 0.583 bits per heavy atom. The fraction of sp³-hybridized carbons (Fsp3) is 0.969. The van der Waals surface area contributed by atoms with Crippen LogP contribution in [0.15, 0.2) is 0 Å². The third kappa shape index (κ3) is 21.9. The molecule has 0 N–H and O–H groups in total. The summed E-state index contributed by atoms with van der Waals surface area (Å²) in [7, 11) is 2.34. The fourth-order valence-corrected chi connectivity index (χ4v) is 5.49. The molecule has 4 atom stereocenters. The third-order valence-electron chi connectivity index (χ3n) is 7.86. The van der Waals surface area contributed by atoms with Crippen molar-refractivity contribution in [2.75, 3.05) is 6.61 Å². The Balaban J connectivity index is 3.81. The first-order valence-electron chi connectivity index (χ1n) is 16.1. The summed E-state index contributed by atoms with van der Waals surface area (Å²) in [6, 6.07) is 0. The molecule has 36 heavy (non-hydrogen) atoms. The molecule has 0 aliphatic rings. The topological polar surface area (TPSA) is 35.5 Å². The zero-order chi connectivity index (χ0) is 26.7. The molecule has 0 saturated carbocycles. The molecule has 0 heterocycles. The molecule has 0 fully saturated rings. The number of hydrogen-bond acceptors (Lipinski definition) is 3. The number of ether oxygens (including phenoxy) is 1. The quantitative estimate of drug-likeness (QED) is 0.0575. The van der Waals surface area contributed by atoms with Crippen LogP contribution in [0, 0.1) is 11.8 Å². The second kappa shape index (κ2) is 27.9. The van der Waals surface area contributed by atoms with E-state index in [4.69, 9.17) is 9.26 Å². The van der Waals surface area contributed by atoms with Gasteiger partial charge in [-0.2, -0.15) is 0 Å². The standard InChI is InChI=1S/C32H65O3P/c1-5-7-9-11-13-15-16-17-18-19-20-22-24-26-28-34-32(33)31(30(4)35-36)29(3)27-25-23-21-14-12-10-8-6-2/h29-31H,5-28,36H2,1-4H3. The van der Waals surface area contributed by atoms with E-state index in [1.54, 1.807) is 0 Å². The first kappa shape index (κ1) is 35.9. The van der Waals surface area contributed by atoms with Crippen LogP contribution in [0.4, 0.5) is 0 Å². The van der Waals surface area contributed by atoms with Crippen LogP contribution in [0.3, 0.4) is 0 Å². The van der Waals surface area contributed by atoms with Gasteiger partial charge in [-0.3, -0.25) is 4.79 Å². The average molecular weight is 529 g/mol. The molecular formula is C32H65O3P. The van der Waals surface area contributed by atoms with Crippen LogP contribution >= 0.6 is 9.47 Å². The predicted octanol–water partition coefficient (Wildman–Crippen LogP) is 11.0. The Bertz CT molecular complexity index is 457. The van der Waals surface area contributed by atoms with Gasteiger partial charge in [0.2, 0.25) is 0 Å². The summed E-state index contributed by atoms with van der Waals surface area (Å²) in [6.45, 7) is 9.30. The Hall–Kier alpha value is -0.140. The van der Waals surface area contributed by atoms with Gasteiger partial charge in [0.15, 0.2) is 0 Å². The molecule has 0 amide bonds. The lowest BCUT2D eigenvalue weighted by atomic mass is 9.85. The van der Waals surface area contributed by atoms with Gasteiger partial charge in [-0.05, 0) is 25.7 Å². The van der Waals surface area contributed by atoms with Gasteiger partial charge < -0.3 is 9.26 Å². The van der Waals surface area contributed by atoms with Crippen LogP contribution in [0.1, 0.15) is 175 Å². The van der Waals surface area contributed by atoms with E-state index < -0.39 is 0 Å². The van der Waals surface area contributed by atoms with Crippen LogP contribution in [0.25, 0.3) is 0 Å². The van der Waals surface area contributed by atoms with Gasteiger partial charge in [0, 0.05) is 9.47 Å². The Morgan fingerprint density at radius 3 is 1.33 bits per heavy atom. The molecule has 0 aromatic heterocycles. The van der Waals surface area contributed by atoms with Crippen LogP contribution in [0.2, 0.25) is 0 Å². The summed E-state index contributed by atoms with van der Waals surface area (Å²) < 4.78 is 11.2. The number of unbranched alkanes of at least 4 members (excludes halogenated alkanes) is 20. The van der Waals surface area contributed by atoms with Crippen molar-refractivity contribution >= 4 is 15.4 Å². The molecule has 0 radical (unpaired) electrons. The number of esters is 1. The van der Waals surface area contributed by atoms with Gasteiger partial charge in [-0.25, -0.2) is 0 Å². The zero-order valence-corrected chi connectivity index (χ0v) is 26.2. The minimum absolute atomic E-state index is 0.0632. The first-order chi connectivity index (χ1) is 17.6. The van der Waals surface area contributed by atoms with E-state index in [9.17, 15) is 4.79 Å². The summed E-state index contributed by atoms with van der Waals surface area (Å²) in [4.78, 5) is 12.8. The molecule has 0 rings (SSSR count). The largest absolute Gasteiger partial charge is 0.465 e. The van der Waals surface area contributed by atoms with E-state index in [0.717, 1.165) is 12.8 Å². The Morgan fingerprint density at radius 2 is 0.944 bits per heavy atom. The molecule has 0 aliphatic heterocycles. The molecular weight excluding hydrogens is 463 g/mol. The van der Waals surface area contributed by atoms with Gasteiger partial charge in [0.25, 0.3) is 0 Å². The maximum Gasteiger partial charge on any atom is 0.311 e. The molecule has 0 aromatic rings. The molecule has 0 aliphatic carbocycles. The van der Waals surface area contributed by atoms with E-state index in [2.05, 4.69) is 30.2 Å². The third-order valence-corrected chi connectivity index (χ3v) is 8.29. The SMILES string of the molecule is CCCCCCCCCCCCCCCCOC(=O)C(C(C)CCCCCCCCCC)C(C)OP. The van der Waals surface area contributed by atoms with Crippen molar-refractivity contribution in [2.45, 2.75) is 181 Å². The monoisotopic (exact) mass is 528 g/mol. The zero-order valence-electron chi connectivity index (χ0n) is 25.0. The maximum absolute atomic E-state index is 12.8. The summed E-state index contributed by atoms with van der Waals surface area (Å²) in [5.74, 6) is 0.0647. The summed E-state index contributed by atoms with van der Waals surface area (Å²) in [6.07, 6.45) is 30.3. The van der Waals surface area contributed by atoms with Crippen LogP contribution in [0.5, 0.6) is 0 Å². The highest BCUT2D eigenvalue weighted by molar-refractivity contribution is 7.09. The van der Waals surface area contributed by atoms with Crippen LogP contribution < -0.4 is 0 Å². The minimum atomic E-state index is -0.168. The van der Waals surface area contributed by atoms with Gasteiger partial charge >= 0.3 is 5.97 Å². The van der Waals surface area contributed by atoms with Gasteiger partial charge in [0.05, 0.1) is 18.6 Å².